The Bertz CT molecular complexity index is 499. The molecule has 1 unspecified atom stereocenters. The summed E-state index contributed by atoms with van der Waals surface area (Å²) in [6.07, 6.45) is 0.363. The van der Waals surface area contributed by atoms with Crippen molar-refractivity contribution in [3.63, 3.8) is 0 Å². The summed E-state index contributed by atoms with van der Waals surface area (Å²) in [4.78, 5) is 35.3. The minimum atomic E-state index is -1.12. The van der Waals surface area contributed by atoms with E-state index in [1.165, 1.54) is 0 Å². The predicted molar refractivity (Wildman–Crippen MR) is 66.3 cm³/mol. The number of amides is 2. The van der Waals surface area contributed by atoms with E-state index in [0.29, 0.717) is 6.42 Å². The summed E-state index contributed by atoms with van der Waals surface area (Å²) >= 11 is 0. The molecule has 1 atom stereocenters. The topological polar surface area (TPSA) is 86.7 Å². The van der Waals surface area contributed by atoms with Crippen molar-refractivity contribution in [1.82, 2.24) is 10.2 Å². The smallest absolute Gasteiger partial charge is 0.323 e. The van der Waals surface area contributed by atoms with E-state index in [4.69, 9.17) is 5.11 Å². The van der Waals surface area contributed by atoms with Crippen LogP contribution in [0.25, 0.3) is 0 Å². The van der Waals surface area contributed by atoms with Crippen LogP contribution in [0, 0.1) is 0 Å². The number of nitrogens with zero attached hydrogens (tertiary/aromatic N) is 1. The van der Waals surface area contributed by atoms with Crippen molar-refractivity contribution in [3.8, 4) is 0 Å². The highest BCUT2D eigenvalue weighted by Crippen LogP contribution is 2.09. The number of rotatable bonds is 4. The molecule has 1 aromatic rings. The summed E-state index contributed by atoms with van der Waals surface area (Å²) in [5.74, 6) is -1.81. The van der Waals surface area contributed by atoms with Gasteiger partial charge in [0.1, 0.15) is 19.1 Å². The molecule has 1 heterocycles. The second-order valence-electron chi connectivity index (χ2n) is 4.40. The average Bonchev–Trinajstić information content (AvgIpc) is 2.35. The van der Waals surface area contributed by atoms with Gasteiger partial charge in [-0.05, 0) is 5.56 Å². The molecule has 0 saturated carbocycles. The van der Waals surface area contributed by atoms with E-state index in [9.17, 15) is 14.4 Å². The van der Waals surface area contributed by atoms with Crippen molar-refractivity contribution < 1.29 is 19.5 Å². The first-order valence-electron chi connectivity index (χ1n) is 5.90. The van der Waals surface area contributed by atoms with E-state index in [0.717, 1.165) is 10.5 Å². The number of hydrogen-bond donors (Lipinski definition) is 2. The highest BCUT2D eigenvalue weighted by molar-refractivity contribution is 5.96. The Morgan fingerprint density at radius 1 is 1.32 bits per heavy atom. The van der Waals surface area contributed by atoms with Gasteiger partial charge in [0.05, 0.1) is 0 Å². The first-order chi connectivity index (χ1) is 9.06. The zero-order valence-electron chi connectivity index (χ0n) is 10.2. The number of carboxylic acids is 1. The fourth-order valence-electron chi connectivity index (χ4n) is 2.06. The van der Waals surface area contributed by atoms with Crippen molar-refractivity contribution in [2.75, 3.05) is 13.1 Å². The molecule has 0 aromatic heterocycles. The number of piperazine rings is 1. The molecule has 2 N–H and O–H groups in total. The number of aliphatic carboxylic acids is 1. The maximum absolute atomic E-state index is 12.1. The van der Waals surface area contributed by atoms with Gasteiger partial charge >= 0.3 is 5.97 Å². The van der Waals surface area contributed by atoms with Gasteiger partial charge < -0.3 is 15.3 Å². The first-order valence-corrected chi connectivity index (χ1v) is 5.90. The molecule has 6 nitrogen and oxygen atoms in total. The van der Waals surface area contributed by atoms with E-state index in [1.54, 1.807) is 0 Å². The van der Waals surface area contributed by atoms with Crippen LogP contribution in [0.4, 0.5) is 0 Å². The Morgan fingerprint density at radius 2 is 2.00 bits per heavy atom. The van der Waals surface area contributed by atoms with Crippen LogP contribution in [0.1, 0.15) is 5.56 Å². The SMILES string of the molecule is O=C(O)CN1CC(=O)NC(Cc2ccccc2)C1=O. The predicted octanol–water partition coefficient (Wildman–Crippen LogP) is -0.359. The van der Waals surface area contributed by atoms with E-state index in [2.05, 4.69) is 5.32 Å². The van der Waals surface area contributed by atoms with Crippen LogP contribution in [0.3, 0.4) is 0 Å². The molecule has 1 fully saturated rings. The molecule has 19 heavy (non-hydrogen) atoms. The van der Waals surface area contributed by atoms with Crippen LogP contribution >= 0.6 is 0 Å². The van der Waals surface area contributed by atoms with E-state index in [-0.39, 0.29) is 18.4 Å². The van der Waals surface area contributed by atoms with Crippen LogP contribution in [0.15, 0.2) is 30.3 Å². The number of carbonyl (C=O) groups is 3. The van der Waals surface area contributed by atoms with Crippen LogP contribution in [-0.2, 0) is 20.8 Å². The molecular formula is C13H14N2O4. The van der Waals surface area contributed by atoms with Gasteiger partial charge in [0.15, 0.2) is 0 Å². The lowest BCUT2D eigenvalue weighted by molar-refractivity contribution is -0.150. The Hall–Kier alpha value is -2.37. The molecule has 2 amide bonds. The molecule has 0 aliphatic carbocycles. The standard InChI is InChI=1S/C13H14N2O4/c16-11-7-15(8-12(17)18)13(19)10(14-11)6-9-4-2-1-3-5-9/h1-5,10H,6-8H2,(H,14,16)(H,17,18). The zero-order valence-corrected chi connectivity index (χ0v) is 10.2. The summed E-state index contributed by atoms with van der Waals surface area (Å²) in [5.41, 5.74) is 0.915. The Balaban J connectivity index is 2.09. The number of carbonyl (C=O) groups excluding carboxylic acids is 2. The summed E-state index contributed by atoms with van der Waals surface area (Å²) in [5, 5.41) is 11.3. The van der Waals surface area contributed by atoms with Crippen molar-refractivity contribution in [3.05, 3.63) is 35.9 Å². The molecule has 1 saturated heterocycles. The van der Waals surface area contributed by atoms with Crippen molar-refractivity contribution in [2.24, 2.45) is 0 Å². The summed E-state index contributed by atoms with van der Waals surface area (Å²) < 4.78 is 0. The van der Waals surface area contributed by atoms with Gasteiger partial charge in [-0.15, -0.1) is 0 Å². The number of hydrogen-bond acceptors (Lipinski definition) is 3. The Labute approximate surface area is 110 Å². The minimum Gasteiger partial charge on any atom is -0.480 e. The summed E-state index contributed by atoms with van der Waals surface area (Å²) in [6.45, 7) is -0.645. The number of benzene rings is 1. The maximum atomic E-state index is 12.1. The number of carboxylic acid groups (broad SMARTS) is 1. The quantitative estimate of drug-likeness (QED) is 0.776. The molecule has 0 spiro atoms. The largest absolute Gasteiger partial charge is 0.480 e. The van der Waals surface area contributed by atoms with Crippen molar-refractivity contribution in [1.29, 1.82) is 0 Å². The Morgan fingerprint density at radius 3 is 2.63 bits per heavy atom. The second-order valence-corrected chi connectivity index (χ2v) is 4.40. The van der Waals surface area contributed by atoms with Gasteiger partial charge in [0, 0.05) is 6.42 Å². The van der Waals surface area contributed by atoms with Gasteiger partial charge in [-0.1, -0.05) is 30.3 Å². The summed E-state index contributed by atoms with van der Waals surface area (Å²) in [7, 11) is 0. The molecule has 1 aliphatic rings. The van der Waals surface area contributed by atoms with Gasteiger partial charge in [-0.25, -0.2) is 0 Å². The van der Waals surface area contributed by atoms with Crippen molar-refractivity contribution in [2.45, 2.75) is 12.5 Å². The van der Waals surface area contributed by atoms with Crippen LogP contribution < -0.4 is 5.32 Å². The fraction of sp³-hybridized carbons (Fsp3) is 0.308. The third kappa shape index (κ3) is 3.31. The van der Waals surface area contributed by atoms with Gasteiger partial charge in [0.2, 0.25) is 11.8 Å². The molecule has 1 aliphatic heterocycles. The highest BCUT2D eigenvalue weighted by Gasteiger charge is 2.33. The third-order valence-electron chi connectivity index (χ3n) is 2.89. The number of nitrogens with one attached hydrogen (secondary N) is 1. The monoisotopic (exact) mass is 262 g/mol. The zero-order chi connectivity index (χ0) is 13.8. The first kappa shape index (κ1) is 13.1. The van der Waals surface area contributed by atoms with Gasteiger partial charge in [0.25, 0.3) is 0 Å². The lowest BCUT2D eigenvalue weighted by Crippen LogP contribution is -2.59. The fourth-order valence-corrected chi connectivity index (χ4v) is 2.06. The molecule has 2 rings (SSSR count). The minimum absolute atomic E-state index is 0.198. The average molecular weight is 262 g/mol. The normalized spacial score (nSPS) is 19.2. The molecule has 6 heteroatoms. The third-order valence-corrected chi connectivity index (χ3v) is 2.89. The molecule has 0 radical (unpaired) electrons. The van der Waals surface area contributed by atoms with Gasteiger partial charge in [-0.3, -0.25) is 14.4 Å². The lowest BCUT2D eigenvalue weighted by Gasteiger charge is -2.31. The maximum Gasteiger partial charge on any atom is 0.323 e. The highest BCUT2D eigenvalue weighted by atomic mass is 16.4. The molecule has 0 bridgehead atoms. The van der Waals surface area contributed by atoms with Crippen molar-refractivity contribution >= 4 is 17.8 Å². The lowest BCUT2D eigenvalue weighted by atomic mass is 10.0. The summed E-state index contributed by atoms with van der Waals surface area (Å²) in [6, 6.07) is 8.58. The molecular weight excluding hydrogens is 248 g/mol. The van der Waals surface area contributed by atoms with E-state index in [1.807, 2.05) is 30.3 Å². The molecule has 1 aromatic carbocycles. The molecule has 100 valence electrons. The van der Waals surface area contributed by atoms with Crippen LogP contribution in [0.2, 0.25) is 0 Å². The second kappa shape index (κ2) is 5.51. The van der Waals surface area contributed by atoms with E-state index >= 15 is 0 Å². The van der Waals surface area contributed by atoms with Gasteiger partial charge in [-0.2, -0.15) is 0 Å². The van der Waals surface area contributed by atoms with Crippen LogP contribution in [-0.4, -0.2) is 46.9 Å². The Kier molecular flexibility index (Phi) is 3.79. The van der Waals surface area contributed by atoms with Crippen LogP contribution in [0.5, 0.6) is 0 Å². The van der Waals surface area contributed by atoms with E-state index < -0.39 is 18.6 Å².